The Morgan fingerprint density at radius 3 is 2.00 bits per heavy atom. The summed E-state index contributed by atoms with van der Waals surface area (Å²) in [4.78, 5) is 10.3. The van der Waals surface area contributed by atoms with Crippen LogP contribution in [-0.2, 0) is 21.2 Å². The summed E-state index contributed by atoms with van der Waals surface area (Å²) in [7, 11) is -4.42. The lowest BCUT2D eigenvalue weighted by molar-refractivity contribution is -0.355. The maximum atomic E-state index is 13.9. The Morgan fingerprint density at radius 1 is 0.944 bits per heavy atom. The highest BCUT2D eigenvalue weighted by Gasteiger charge is 2.72. The third kappa shape index (κ3) is 7.56. The van der Waals surface area contributed by atoms with Crippen molar-refractivity contribution in [3.05, 3.63) is 64.7 Å². The zero-order valence-corrected chi connectivity index (χ0v) is 19.9. The van der Waals surface area contributed by atoms with E-state index in [4.69, 9.17) is 16.7 Å². The van der Waals surface area contributed by atoms with Gasteiger partial charge in [-0.05, 0) is 54.7 Å². The van der Waals surface area contributed by atoms with Crippen molar-refractivity contribution >= 4 is 27.6 Å². The fraction of sp³-hybridized carbons (Fsp3) is 0.409. The Hall–Kier alpha value is -2.38. The summed E-state index contributed by atoms with van der Waals surface area (Å²) in [6.07, 6.45) is -9.10. The number of hydrogen-bond acceptors (Lipinski definition) is 3. The van der Waals surface area contributed by atoms with E-state index < -0.39 is 52.9 Å². The van der Waals surface area contributed by atoms with Gasteiger partial charge >= 0.3 is 24.0 Å². The van der Waals surface area contributed by atoms with Crippen LogP contribution in [0.4, 0.5) is 30.7 Å². The van der Waals surface area contributed by atoms with Gasteiger partial charge in [0.05, 0.1) is 4.90 Å². The molecule has 0 spiro atoms. The first-order valence-corrected chi connectivity index (χ1v) is 12.2. The molecule has 0 aliphatic carbocycles. The Morgan fingerprint density at radius 2 is 1.50 bits per heavy atom. The van der Waals surface area contributed by atoms with Crippen molar-refractivity contribution in [3.8, 4) is 0 Å². The minimum atomic E-state index is -6.51. The molecule has 2 aromatic rings. The van der Waals surface area contributed by atoms with Gasteiger partial charge in [-0.25, -0.2) is 13.1 Å². The third-order valence-electron chi connectivity index (χ3n) is 5.22. The van der Waals surface area contributed by atoms with Crippen molar-refractivity contribution in [3.63, 3.8) is 0 Å². The number of carboxylic acids is 1. The van der Waals surface area contributed by atoms with Crippen LogP contribution in [0.1, 0.15) is 42.9 Å². The monoisotopic (exact) mass is 563 g/mol. The zero-order valence-electron chi connectivity index (χ0n) is 18.3. The molecule has 0 aliphatic rings. The fourth-order valence-corrected chi connectivity index (χ4v) is 4.60. The van der Waals surface area contributed by atoms with Crippen LogP contribution in [0, 0.1) is 0 Å². The van der Waals surface area contributed by atoms with E-state index in [-0.39, 0.29) is 28.3 Å². The molecule has 2 rings (SSSR count). The van der Waals surface area contributed by atoms with Gasteiger partial charge in [-0.1, -0.05) is 35.9 Å². The minimum absolute atomic E-state index is 0.0284. The molecular formula is C22H21ClF7NO4S. The maximum absolute atomic E-state index is 13.9. The maximum Gasteiger partial charge on any atom is 0.459 e. The van der Waals surface area contributed by atoms with E-state index in [0.717, 1.165) is 12.1 Å². The average Bonchev–Trinajstić information content (AvgIpc) is 2.76. The van der Waals surface area contributed by atoms with Crippen LogP contribution >= 0.6 is 11.6 Å². The number of nitrogens with one attached hydrogen (secondary N) is 1. The second kappa shape index (κ2) is 11.3. The Kier molecular flexibility index (Phi) is 9.41. The second-order valence-corrected chi connectivity index (χ2v) is 10.1. The van der Waals surface area contributed by atoms with E-state index in [2.05, 4.69) is 4.72 Å². The van der Waals surface area contributed by atoms with Crippen LogP contribution in [0.15, 0.2) is 53.4 Å². The molecule has 1 atom stereocenters. The number of rotatable bonds is 12. The molecule has 0 radical (unpaired) electrons. The lowest BCUT2D eigenvalue weighted by atomic mass is 9.96. The number of alkyl halides is 7. The predicted molar refractivity (Wildman–Crippen MR) is 117 cm³/mol. The van der Waals surface area contributed by atoms with Gasteiger partial charge in [0.2, 0.25) is 10.0 Å². The number of aliphatic carboxylic acids is 1. The molecule has 0 aromatic heterocycles. The quantitative estimate of drug-likeness (QED) is 0.294. The Bertz CT molecular complexity index is 1140. The molecule has 2 aromatic carbocycles. The number of halogens is 8. The normalized spacial score (nSPS) is 14.0. The molecule has 36 heavy (non-hydrogen) atoms. The van der Waals surface area contributed by atoms with Gasteiger partial charge in [-0.2, -0.15) is 30.7 Å². The Labute approximate surface area is 207 Å². The van der Waals surface area contributed by atoms with Gasteiger partial charge in [0.25, 0.3) is 0 Å². The van der Waals surface area contributed by atoms with Gasteiger partial charge in [0.15, 0.2) is 0 Å². The first-order chi connectivity index (χ1) is 16.5. The molecule has 1 unspecified atom stereocenters. The number of carboxylic acid groups (broad SMARTS) is 1. The third-order valence-corrected chi connectivity index (χ3v) is 6.96. The largest absolute Gasteiger partial charge is 0.481 e. The van der Waals surface area contributed by atoms with Gasteiger partial charge < -0.3 is 5.11 Å². The molecule has 5 nitrogen and oxygen atoms in total. The predicted octanol–water partition coefficient (Wildman–Crippen LogP) is 6.38. The topological polar surface area (TPSA) is 83.5 Å². The molecule has 2 N–H and O–H groups in total. The molecule has 0 amide bonds. The van der Waals surface area contributed by atoms with Crippen molar-refractivity contribution in [2.24, 2.45) is 0 Å². The molecule has 0 bridgehead atoms. The number of aryl methyl sites for hydroxylation is 1. The van der Waals surface area contributed by atoms with Crippen molar-refractivity contribution in [1.29, 1.82) is 0 Å². The lowest BCUT2D eigenvalue weighted by Gasteiger charge is -2.29. The molecule has 0 heterocycles. The first-order valence-electron chi connectivity index (χ1n) is 10.4. The van der Waals surface area contributed by atoms with E-state index in [9.17, 15) is 43.9 Å². The summed E-state index contributed by atoms with van der Waals surface area (Å²) in [6, 6.07) is 8.56. The van der Waals surface area contributed by atoms with Gasteiger partial charge in [-0.15, -0.1) is 0 Å². The molecule has 200 valence electrons. The van der Waals surface area contributed by atoms with Crippen LogP contribution in [0.25, 0.3) is 0 Å². The van der Waals surface area contributed by atoms with Crippen molar-refractivity contribution in [1.82, 2.24) is 4.72 Å². The summed E-state index contributed by atoms with van der Waals surface area (Å²) in [5, 5.41) is 8.89. The molecule has 14 heteroatoms. The molecule has 0 aliphatic heterocycles. The fourth-order valence-electron chi connectivity index (χ4n) is 3.21. The summed E-state index contributed by atoms with van der Waals surface area (Å²) in [5.74, 6) is -12.8. The molecule has 0 saturated heterocycles. The smallest absolute Gasteiger partial charge is 0.459 e. The highest BCUT2D eigenvalue weighted by molar-refractivity contribution is 7.89. The molecule has 0 saturated carbocycles. The average molecular weight is 564 g/mol. The number of carbonyl (C=O) groups is 1. The van der Waals surface area contributed by atoms with Crippen LogP contribution in [0.3, 0.4) is 0 Å². The van der Waals surface area contributed by atoms with Crippen LogP contribution in [0.2, 0.25) is 5.02 Å². The van der Waals surface area contributed by atoms with E-state index >= 15 is 0 Å². The van der Waals surface area contributed by atoms with Crippen molar-refractivity contribution in [2.75, 3.05) is 0 Å². The van der Waals surface area contributed by atoms with E-state index in [1.54, 1.807) is 0 Å². The highest BCUT2D eigenvalue weighted by Crippen LogP contribution is 2.49. The standard InChI is InChI=1S/C22H21ClF7NO4S/c23-16-8-10-17(11-9-16)36(34,35)31-18(12-13-20(24,25)21(26,27)22(28,29)30)15-6-4-14(5-7-15)2-1-3-19(32)33/h4-11,18,31H,1-3,12-13H2,(H,32,33). The minimum Gasteiger partial charge on any atom is -0.481 e. The summed E-state index contributed by atoms with van der Waals surface area (Å²) >= 11 is 5.72. The van der Waals surface area contributed by atoms with Crippen LogP contribution in [-0.4, -0.2) is 37.5 Å². The van der Waals surface area contributed by atoms with Gasteiger partial charge in [0.1, 0.15) is 0 Å². The number of sulfonamides is 1. The summed E-state index contributed by atoms with van der Waals surface area (Å²) < 4.78 is 120. The molecular weight excluding hydrogens is 543 g/mol. The second-order valence-electron chi connectivity index (χ2n) is 7.93. The van der Waals surface area contributed by atoms with Crippen LogP contribution < -0.4 is 4.72 Å². The van der Waals surface area contributed by atoms with E-state index in [1.165, 1.54) is 36.4 Å². The number of benzene rings is 2. The highest BCUT2D eigenvalue weighted by atomic mass is 35.5. The van der Waals surface area contributed by atoms with Crippen LogP contribution in [0.5, 0.6) is 0 Å². The SMILES string of the molecule is O=C(O)CCCc1ccc(C(CCC(F)(F)C(F)(F)C(F)(F)F)NS(=O)(=O)c2ccc(Cl)cc2)cc1. The van der Waals surface area contributed by atoms with Gasteiger partial charge in [0, 0.05) is 23.9 Å². The lowest BCUT2D eigenvalue weighted by Crippen LogP contribution is -2.52. The number of hydrogen-bond donors (Lipinski definition) is 2. The van der Waals surface area contributed by atoms with E-state index in [0.29, 0.717) is 12.0 Å². The zero-order chi connectivity index (χ0) is 27.4. The first kappa shape index (κ1) is 29.8. The van der Waals surface area contributed by atoms with Crippen molar-refractivity contribution in [2.45, 2.75) is 61.1 Å². The van der Waals surface area contributed by atoms with Crippen molar-refractivity contribution < 1.29 is 49.1 Å². The Balaban J connectivity index is 2.32. The molecule has 0 fully saturated rings. The van der Waals surface area contributed by atoms with E-state index in [1.807, 2.05) is 0 Å². The summed E-state index contributed by atoms with van der Waals surface area (Å²) in [6.45, 7) is 0. The van der Waals surface area contributed by atoms with Gasteiger partial charge in [-0.3, -0.25) is 4.79 Å². The summed E-state index contributed by atoms with van der Waals surface area (Å²) in [5.41, 5.74) is 0.647.